The fourth-order valence-electron chi connectivity index (χ4n) is 2.89. The fourth-order valence-corrected chi connectivity index (χ4v) is 4.10. The number of H-pyrrole nitrogens is 1. The van der Waals surface area contributed by atoms with Crippen molar-refractivity contribution in [1.29, 1.82) is 0 Å². The Morgan fingerprint density at radius 3 is 2.86 bits per heavy atom. The van der Waals surface area contributed by atoms with Crippen LogP contribution in [-0.2, 0) is 0 Å². The van der Waals surface area contributed by atoms with Gasteiger partial charge in [0.15, 0.2) is 0 Å². The number of aromatic amines is 1. The average molecular weight is 302 g/mol. The third-order valence-electron chi connectivity index (χ3n) is 4.46. The van der Waals surface area contributed by atoms with Crippen molar-refractivity contribution in [3.63, 3.8) is 0 Å². The van der Waals surface area contributed by atoms with Gasteiger partial charge in [-0.15, -0.1) is 0 Å². The molecule has 0 atom stereocenters. The highest BCUT2D eigenvalue weighted by molar-refractivity contribution is 7.99. The predicted molar refractivity (Wildman–Crippen MR) is 90.2 cm³/mol. The van der Waals surface area contributed by atoms with Gasteiger partial charge in [0, 0.05) is 28.7 Å². The van der Waals surface area contributed by atoms with Crippen LogP contribution in [0.25, 0.3) is 10.9 Å². The lowest BCUT2D eigenvalue weighted by atomic mass is 10.0. The van der Waals surface area contributed by atoms with Crippen molar-refractivity contribution < 1.29 is 4.79 Å². The number of aromatic nitrogens is 1. The number of aryl methyl sites for hydroxylation is 2. The van der Waals surface area contributed by atoms with Crippen LogP contribution >= 0.6 is 11.8 Å². The normalized spacial score (nSPS) is 16.3. The Balaban J connectivity index is 1.70. The minimum absolute atomic E-state index is 0.0494. The second-order valence-corrected chi connectivity index (χ2v) is 7.13. The Kier molecular flexibility index (Phi) is 4.24. The molecule has 0 saturated carbocycles. The molecule has 0 aliphatic carbocycles. The molecule has 3 nitrogen and oxygen atoms in total. The first-order valence-corrected chi connectivity index (χ1v) is 8.75. The lowest BCUT2D eigenvalue weighted by Gasteiger charge is -2.21. The molecule has 112 valence electrons. The Morgan fingerprint density at radius 2 is 2.10 bits per heavy atom. The van der Waals surface area contributed by atoms with Crippen molar-refractivity contribution in [2.24, 2.45) is 5.92 Å². The van der Waals surface area contributed by atoms with E-state index in [1.807, 2.05) is 30.0 Å². The zero-order valence-electron chi connectivity index (χ0n) is 12.7. The summed E-state index contributed by atoms with van der Waals surface area (Å²) in [7, 11) is 0. The lowest BCUT2D eigenvalue weighted by molar-refractivity contribution is 0.0946. The largest absolute Gasteiger partial charge is 0.358 e. The summed E-state index contributed by atoms with van der Waals surface area (Å²) >= 11 is 2.02. The van der Waals surface area contributed by atoms with Crippen molar-refractivity contribution in [1.82, 2.24) is 10.3 Å². The van der Waals surface area contributed by atoms with Crippen molar-refractivity contribution in [3.8, 4) is 0 Å². The quantitative estimate of drug-likeness (QED) is 0.909. The summed E-state index contributed by atoms with van der Waals surface area (Å²) in [6, 6.07) is 5.91. The standard InChI is InChI=1S/C17H22N2OS/c1-11-12(2)19-16-4-3-14(9-15(11)16)17(20)18-10-13-5-7-21-8-6-13/h3-4,9,13,19H,5-8,10H2,1-2H3,(H,18,20). The van der Waals surface area contributed by atoms with Gasteiger partial charge in [0.05, 0.1) is 0 Å². The monoisotopic (exact) mass is 302 g/mol. The molecule has 4 heteroatoms. The average Bonchev–Trinajstić information content (AvgIpc) is 2.80. The first-order chi connectivity index (χ1) is 10.1. The third-order valence-corrected chi connectivity index (χ3v) is 5.51. The zero-order chi connectivity index (χ0) is 14.8. The molecule has 0 spiro atoms. The van der Waals surface area contributed by atoms with Crippen LogP contribution < -0.4 is 5.32 Å². The van der Waals surface area contributed by atoms with Crippen LogP contribution in [0.2, 0.25) is 0 Å². The number of rotatable bonds is 3. The predicted octanol–water partition coefficient (Wildman–Crippen LogP) is 3.66. The summed E-state index contributed by atoms with van der Waals surface area (Å²) in [6.07, 6.45) is 2.44. The van der Waals surface area contributed by atoms with E-state index in [4.69, 9.17) is 0 Å². The van der Waals surface area contributed by atoms with E-state index in [0.29, 0.717) is 5.92 Å². The number of amides is 1. The Morgan fingerprint density at radius 1 is 1.33 bits per heavy atom. The second-order valence-electron chi connectivity index (χ2n) is 5.90. The van der Waals surface area contributed by atoms with Gasteiger partial charge in [-0.2, -0.15) is 11.8 Å². The maximum Gasteiger partial charge on any atom is 0.251 e. The van der Waals surface area contributed by atoms with E-state index in [2.05, 4.69) is 24.1 Å². The second kappa shape index (κ2) is 6.14. The molecule has 1 aromatic carbocycles. The van der Waals surface area contributed by atoms with Gasteiger partial charge in [0.1, 0.15) is 0 Å². The molecule has 0 bridgehead atoms. The maximum absolute atomic E-state index is 12.3. The van der Waals surface area contributed by atoms with E-state index in [1.165, 1.54) is 35.6 Å². The molecule has 0 radical (unpaired) electrons. The van der Waals surface area contributed by atoms with Crippen molar-refractivity contribution in [2.75, 3.05) is 18.1 Å². The number of benzene rings is 1. The lowest BCUT2D eigenvalue weighted by Crippen LogP contribution is -2.30. The van der Waals surface area contributed by atoms with Crippen LogP contribution in [0.5, 0.6) is 0 Å². The number of carbonyl (C=O) groups excluding carboxylic acids is 1. The van der Waals surface area contributed by atoms with Crippen molar-refractivity contribution >= 4 is 28.6 Å². The third kappa shape index (κ3) is 3.10. The van der Waals surface area contributed by atoms with E-state index in [0.717, 1.165) is 23.0 Å². The first kappa shape index (κ1) is 14.5. The van der Waals surface area contributed by atoms with Gasteiger partial charge < -0.3 is 10.3 Å². The SMILES string of the molecule is Cc1[nH]c2ccc(C(=O)NCC3CCSCC3)cc2c1C. The van der Waals surface area contributed by atoms with Crippen LogP contribution in [0.3, 0.4) is 0 Å². The minimum atomic E-state index is 0.0494. The Bertz CT molecular complexity index is 656. The highest BCUT2D eigenvalue weighted by Gasteiger charge is 2.15. The number of hydrogen-bond donors (Lipinski definition) is 2. The molecule has 1 aliphatic rings. The molecule has 2 N–H and O–H groups in total. The van der Waals surface area contributed by atoms with Gasteiger partial charge in [-0.25, -0.2) is 0 Å². The number of thioether (sulfide) groups is 1. The van der Waals surface area contributed by atoms with Gasteiger partial charge in [-0.3, -0.25) is 4.79 Å². The topological polar surface area (TPSA) is 44.9 Å². The van der Waals surface area contributed by atoms with Gasteiger partial charge >= 0.3 is 0 Å². The molecule has 21 heavy (non-hydrogen) atoms. The Hall–Kier alpha value is -1.42. The van der Waals surface area contributed by atoms with Crippen LogP contribution in [0, 0.1) is 19.8 Å². The Labute approximate surface area is 129 Å². The van der Waals surface area contributed by atoms with E-state index >= 15 is 0 Å². The number of nitrogens with one attached hydrogen (secondary N) is 2. The van der Waals surface area contributed by atoms with Crippen LogP contribution in [-0.4, -0.2) is 28.9 Å². The number of hydrogen-bond acceptors (Lipinski definition) is 2. The maximum atomic E-state index is 12.3. The number of carbonyl (C=O) groups is 1. The molecule has 1 aromatic heterocycles. The van der Waals surface area contributed by atoms with E-state index in [-0.39, 0.29) is 5.91 Å². The molecule has 2 heterocycles. The molecule has 2 aromatic rings. The first-order valence-electron chi connectivity index (χ1n) is 7.60. The molecular formula is C17H22N2OS. The van der Waals surface area contributed by atoms with Gasteiger partial charge in [0.2, 0.25) is 0 Å². The molecular weight excluding hydrogens is 280 g/mol. The molecule has 0 unspecified atom stereocenters. The highest BCUT2D eigenvalue weighted by atomic mass is 32.2. The molecule has 3 rings (SSSR count). The van der Waals surface area contributed by atoms with Gasteiger partial charge in [0.25, 0.3) is 5.91 Å². The molecule has 1 fully saturated rings. The van der Waals surface area contributed by atoms with E-state index in [1.54, 1.807) is 0 Å². The fraction of sp³-hybridized carbons (Fsp3) is 0.471. The summed E-state index contributed by atoms with van der Waals surface area (Å²) in [5.41, 5.74) is 4.26. The minimum Gasteiger partial charge on any atom is -0.358 e. The smallest absolute Gasteiger partial charge is 0.251 e. The summed E-state index contributed by atoms with van der Waals surface area (Å²) < 4.78 is 0. The van der Waals surface area contributed by atoms with Gasteiger partial charge in [-0.1, -0.05) is 0 Å². The summed E-state index contributed by atoms with van der Waals surface area (Å²) in [4.78, 5) is 15.7. The van der Waals surface area contributed by atoms with E-state index < -0.39 is 0 Å². The molecule has 1 saturated heterocycles. The summed E-state index contributed by atoms with van der Waals surface area (Å²) in [6.45, 7) is 4.97. The van der Waals surface area contributed by atoms with Crippen LogP contribution in [0.1, 0.15) is 34.5 Å². The van der Waals surface area contributed by atoms with Gasteiger partial charge in [-0.05, 0) is 67.9 Å². The van der Waals surface area contributed by atoms with E-state index in [9.17, 15) is 4.79 Å². The molecule has 1 amide bonds. The van der Waals surface area contributed by atoms with Crippen molar-refractivity contribution in [2.45, 2.75) is 26.7 Å². The number of fused-ring (bicyclic) bond motifs is 1. The van der Waals surface area contributed by atoms with Crippen molar-refractivity contribution in [3.05, 3.63) is 35.0 Å². The summed E-state index contributed by atoms with van der Waals surface area (Å²) in [5.74, 6) is 3.16. The van der Waals surface area contributed by atoms with Crippen LogP contribution in [0.4, 0.5) is 0 Å². The summed E-state index contributed by atoms with van der Waals surface area (Å²) in [5, 5.41) is 4.25. The zero-order valence-corrected chi connectivity index (χ0v) is 13.5. The molecule has 1 aliphatic heterocycles. The highest BCUT2D eigenvalue weighted by Crippen LogP contribution is 2.23. The van der Waals surface area contributed by atoms with Crippen LogP contribution in [0.15, 0.2) is 18.2 Å².